The molecule has 1 rings (SSSR count). The van der Waals surface area contributed by atoms with Crippen molar-refractivity contribution in [3.8, 4) is 0 Å². The quantitative estimate of drug-likeness (QED) is 0.590. The second-order valence-electron chi connectivity index (χ2n) is 3.36. The highest BCUT2D eigenvalue weighted by Gasteiger charge is 2.00. The van der Waals surface area contributed by atoms with E-state index in [0.717, 1.165) is 5.56 Å². The van der Waals surface area contributed by atoms with Crippen LogP contribution in [-0.4, -0.2) is 25.1 Å². The van der Waals surface area contributed by atoms with Crippen molar-refractivity contribution in [3.05, 3.63) is 35.9 Å². The Kier molecular flexibility index (Phi) is 4.84. The van der Waals surface area contributed by atoms with Crippen LogP contribution in [0.4, 0.5) is 0 Å². The highest BCUT2D eigenvalue weighted by atomic mass is 16.5. The largest absolute Gasteiger partial charge is 0.384 e. The van der Waals surface area contributed by atoms with E-state index in [4.69, 9.17) is 10.5 Å². The fraction of sp³-hybridized carbons (Fsp3) is 0.417. The number of aliphatic imine (C=N–C) groups is 1. The number of benzene rings is 1. The third-order valence-corrected chi connectivity index (χ3v) is 2.04. The molecule has 1 atom stereocenters. The van der Waals surface area contributed by atoms with Crippen molar-refractivity contribution in [1.82, 2.24) is 0 Å². The van der Waals surface area contributed by atoms with Gasteiger partial charge in [-0.3, -0.25) is 4.99 Å². The molecule has 0 aromatic heterocycles. The van der Waals surface area contributed by atoms with Crippen LogP contribution in [0.2, 0.25) is 0 Å². The van der Waals surface area contributed by atoms with Crippen molar-refractivity contribution in [2.24, 2.45) is 10.7 Å². The summed E-state index contributed by atoms with van der Waals surface area (Å²) in [4.78, 5) is 4.28. The predicted molar refractivity (Wildman–Crippen MR) is 63.1 cm³/mol. The average molecular weight is 206 g/mol. The molecule has 0 aliphatic carbocycles. The molecule has 0 spiro atoms. The highest BCUT2D eigenvalue weighted by molar-refractivity contribution is 5.97. The van der Waals surface area contributed by atoms with Crippen LogP contribution in [0.1, 0.15) is 19.4 Å². The fourth-order valence-corrected chi connectivity index (χ4v) is 1.26. The zero-order valence-corrected chi connectivity index (χ0v) is 9.31. The molecule has 2 N–H and O–H groups in total. The monoisotopic (exact) mass is 206 g/mol. The summed E-state index contributed by atoms with van der Waals surface area (Å²) in [6.07, 6.45) is 0.122. The van der Waals surface area contributed by atoms with Crippen LogP contribution < -0.4 is 5.73 Å². The first kappa shape index (κ1) is 11.7. The maximum atomic E-state index is 5.83. The Balaban J connectivity index is 2.53. The molecule has 3 heteroatoms. The molecule has 0 saturated carbocycles. The van der Waals surface area contributed by atoms with E-state index in [0.29, 0.717) is 19.0 Å². The van der Waals surface area contributed by atoms with Crippen LogP contribution in [0.15, 0.2) is 35.3 Å². The second-order valence-corrected chi connectivity index (χ2v) is 3.36. The van der Waals surface area contributed by atoms with E-state index in [1.807, 2.05) is 44.2 Å². The average Bonchev–Trinajstić information content (AvgIpc) is 2.27. The molecule has 15 heavy (non-hydrogen) atoms. The fourth-order valence-electron chi connectivity index (χ4n) is 1.26. The molecule has 0 saturated heterocycles. The van der Waals surface area contributed by atoms with E-state index in [-0.39, 0.29) is 6.10 Å². The molecular formula is C12H18N2O. The molecule has 1 unspecified atom stereocenters. The van der Waals surface area contributed by atoms with E-state index in [1.165, 1.54) is 0 Å². The maximum absolute atomic E-state index is 5.83. The minimum Gasteiger partial charge on any atom is -0.384 e. The highest BCUT2D eigenvalue weighted by Crippen LogP contribution is 1.99. The van der Waals surface area contributed by atoms with Crippen LogP contribution in [0.5, 0.6) is 0 Å². The normalized spacial score (nSPS) is 13.9. The summed E-state index contributed by atoms with van der Waals surface area (Å²) in [5, 5.41) is 0. The van der Waals surface area contributed by atoms with Crippen LogP contribution >= 0.6 is 0 Å². The van der Waals surface area contributed by atoms with Gasteiger partial charge < -0.3 is 10.5 Å². The second kappa shape index (κ2) is 6.19. The summed E-state index contributed by atoms with van der Waals surface area (Å²) < 4.78 is 5.37. The first-order valence-corrected chi connectivity index (χ1v) is 5.21. The number of nitrogens with two attached hydrogens (primary N) is 1. The molecule has 1 aromatic carbocycles. The number of amidine groups is 1. The third-order valence-electron chi connectivity index (χ3n) is 2.04. The summed E-state index contributed by atoms with van der Waals surface area (Å²) in [5.74, 6) is 0.571. The van der Waals surface area contributed by atoms with Gasteiger partial charge in [0.15, 0.2) is 0 Å². The zero-order chi connectivity index (χ0) is 11.1. The van der Waals surface area contributed by atoms with Gasteiger partial charge in [-0.2, -0.15) is 0 Å². The summed E-state index contributed by atoms with van der Waals surface area (Å²) in [6.45, 7) is 5.28. The molecule has 0 fully saturated rings. The summed E-state index contributed by atoms with van der Waals surface area (Å²) in [6, 6.07) is 9.75. The minimum atomic E-state index is 0.122. The Morgan fingerprint density at radius 1 is 1.40 bits per heavy atom. The molecule has 0 amide bonds. The molecule has 0 aliphatic heterocycles. The zero-order valence-electron chi connectivity index (χ0n) is 9.31. The molecular weight excluding hydrogens is 188 g/mol. The van der Waals surface area contributed by atoms with Gasteiger partial charge in [0.05, 0.1) is 12.6 Å². The van der Waals surface area contributed by atoms with Gasteiger partial charge in [0.1, 0.15) is 5.84 Å². The van der Waals surface area contributed by atoms with Crippen molar-refractivity contribution in [2.75, 3.05) is 13.2 Å². The van der Waals surface area contributed by atoms with E-state index < -0.39 is 0 Å². The van der Waals surface area contributed by atoms with E-state index in [2.05, 4.69) is 4.99 Å². The van der Waals surface area contributed by atoms with E-state index in [1.54, 1.807) is 0 Å². The van der Waals surface area contributed by atoms with E-state index >= 15 is 0 Å². The van der Waals surface area contributed by atoms with Crippen molar-refractivity contribution in [1.29, 1.82) is 0 Å². The van der Waals surface area contributed by atoms with Crippen molar-refractivity contribution >= 4 is 5.84 Å². The first-order valence-electron chi connectivity index (χ1n) is 5.21. The maximum Gasteiger partial charge on any atom is 0.125 e. The minimum absolute atomic E-state index is 0.122. The van der Waals surface area contributed by atoms with Crippen molar-refractivity contribution in [2.45, 2.75) is 20.0 Å². The smallest absolute Gasteiger partial charge is 0.125 e. The van der Waals surface area contributed by atoms with Gasteiger partial charge in [0, 0.05) is 12.2 Å². The van der Waals surface area contributed by atoms with Gasteiger partial charge in [0.2, 0.25) is 0 Å². The number of hydrogen-bond acceptors (Lipinski definition) is 2. The molecule has 0 aliphatic rings. The third kappa shape index (κ3) is 4.13. The number of nitrogens with zero attached hydrogens (tertiary/aromatic N) is 1. The van der Waals surface area contributed by atoms with Gasteiger partial charge in [-0.15, -0.1) is 0 Å². The van der Waals surface area contributed by atoms with E-state index in [9.17, 15) is 0 Å². The van der Waals surface area contributed by atoms with Crippen LogP contribution in [0.3, 0.4) is 0 Å². The lowest BCUT2D eigenvalue weighted by Crippen LogP contribution is -2.18. The van der Waals surface area contributed by atoms with Crippen LogP contribution in [-0.2, 0) is 4.74 Å². The van der Waals surface area contributed by atoms with Gasteiger partial charge in [0.25, 0.3) is 0 Å². The summed E-state index contributed by atoms with van der Waals surface area (Å²) in [7, 11) is 0. The molecule has 0 heterocycles. The number of rotatable bonds is 5. The topological polar surface area (TPSA) is 47.6 Å². The van der Waals surface area contributed by atoms with Gasteiger partial charge in [-0.1, -0.05) is 30.3 Å². The number of ether oxygens (including phenoxy) is 1. The molecule has 82 valence electrons. The predicted octanol–water partition coefficient (Wildman–Crippen LogP) is 1.82. The summed E-state index contributed by atoms with van der Waals surface area (Å²) in [5.41, 5.74) is 6.79. The molecule has 3 nitrogen and oxygen atoms in total. The Bertz CT molecular complexity index is 309. The molecule has 1 aromatic rings. The lowest BCUT2D eigenvalue weighted by atomic mass is 10.2. The van der Waals surface area contributed by atoms with Crippen molar-refractivity contribution < 1.29 is 4.74 Å². The lowest BCUT2D eigenvalue weighted by molar-refractivity contribution is 0.0829. The van der Waals surface area contributed by atoms with Gasteiger partial charge in [-0.05, 0) is 13.8 Å². The first-order chi connectivity index (χ1) is 7.24. The summed E-state index contributed by atoms with van der Waals surface area (Å²) >= 11 is 0. The lowest BCUT2D eigenvalue weighted by Gasteiger charge is -2.08. The van der Waals surface area contributed by atoms with Gasteiger partial charge >= 0.3 is 0 Å². The van der Waals surface area contributed by atoms with Crippen LogP contribution in [0.25, 0.3) is 0 Å². The molecule has 0 bridgehead atoms. The Morgan fingerprint density at radius 3 is 2.67 bits per heavy atom. The molecule has 0 radical (unpaired) electrons. The van der Waals surface area contributed by atoms with Gasteiger partial charge in [-0.25, -0.2) is 0 Å². The standard InChI is InChI=1S/C12H18N2O/c1-3-15-10(2)9-14-12(13)11-7-5-4-6-8-11/h4-8,10H,3,9H2,1-2H3,(H2,13,14). The Labute approximate surface area is 91.0 Å². The number of hydrogen-bond donors (Lipinski definition) is 1. The van der Waals surface area contributed by atoms with Crippen molar-refractivity contribution in [3.63, 3.8) is 0 Å². The Hall–Kier alpha value is -1.35. The Morgan fingerprint density at radius 2 is 2.07 bits per heavy atom. The SMILES string of the molecule is CCOC(C)CN=C(N)c1ccccc1. The van der Waals surface area contributed by atoms with Crippen LogP contribution in [0, 0.1) is 0 Å².